The molecule has 2 atom stereocenters. The maximum atomic E-state index is 12.1. The summed E-state index contributed by atoms with van der Waals surface area (Å²) in [5.74, 6) is 1.41. The highest BCUT2D eigenvalue weighted by Gasteiger charge is 2.37. The highest BCUT2D eigenvalue weighted by Crippen LogP contribution is 2.31. The van der Waals surface area contributed by atoms with Crippen molar-refractivity contribution < 1.29 is 14.3 Å². The van der Waals surface area contributed by atoms with E-state index < -0.39 is 0 Å². The van der Waals surface area contributed by atoms with Crippen molar-refractivity contribution in [3.8, 4) is 5.75 Å². The zero-order chi connectivity index (χ0) is 15.5. The normalized spacial score (nSPS) is 26.4. The molecule has 0 N–H and O–H groups in total. The van der Waals surface area contributed by atoms with Crippen molar-refractivity contribution in [3.63, 3.8) is 0 Å². The standard InChI is InChI=1S/C17H22BrNO3/c1-21-13-5-6-15(18)12(9-13)10-19-7-8-22-11-16(19)14-3-2-4-17(14)20/h5-6,9,14,16H,2-4,7-8,10-11H2,1H3/t14-,16-/m1/s1. The average Bonchev–Trinajstić information content (AvgIpc) is 2.96. The van der Waals surface area contributed by atoms with E-state index >= 15 is 0 Å². The number of benzene rings is 1. The van der Waals surface area contributed by atoms with Gasteiger partial charge in [0.25, 0.3) is 0 Å². The molecule has 0 amide bonds. The van der Waals surface area contributed by atoms with Crippen molar-refractivity contribution in [2.75, 3.05) is 26.9 Å². The van der Waals surface area contributed by atoms with Gasteiger partial charge in [-0.3, -0.25) is 9.69 Å². The van der Waals surface area contributed by atoms with Crippen molar-refractivity contribution in [2.45, 2.75) is 31.8 Å². The van der Waals surface area contributed by atoms with Crippen LogP contribution < -0.4 is 4.74 Å². The summed E-state index contributed by atoms with van der Waals surface area (Å²) in [5.41, 5.74) is 1.19. The summed E-state index contributed by atoms with van der Waals surface area (Å²) in [7, 11) is 1.68. The quantitative estimate of drug-likeness (QED) is 0.819. The molecule has 1 aromatic rings. The number of rotatable bonds is 4. The molecule has 1 heterocycles. The molecule has 1 aliphatic carbocycles. The van der Waals surface area contributed by atoms with Gasteiger partial charge in [0.1, 0.15) is 11.5 Å². The second-order valence-corrected chi connectivity index (χ2v) is 6.89. The van der Waals surface area contributed by atoms with Crippen LogP contribution in [0.25, 0.3) is 0 Å². The Balaban J connectivity index is 1.78. The fourth-order valence-electron chi connectivity index (χ4n) is 3.49. The molecule has 0 aromatic heterocycles. The number of nitrogens with zero attached hydrogens (tertiary/aromatic N) is 1. The largest absolute Gasteiger partial charge is 0.497 e. The van der Waals surface area contributed by atoms with E-state index in [1.807, 2.05) is 12.1 Å². The molecule has 3 rings (SSSR count). The Morgan fingerprint density at radius 1 is 1.45 bits per heavy atom. The molecule has 1 aromatic carbocycles. The van der Waals surface area contributed by atoms with Crippen molar-refractivity contribution in [1.82, 2.24) is 4.90 Å². The maximum Gasteiger partial charge on any atom is 0.137 e. The summed E-state index contributed by atoms with van der Waals surface area (Å²) < 4.78 is 12.1. The summed E-state index contributed by atoms with van der Waals surface area (Å²) in [4.78, 5) is 14.5. The van der Waals surface area contributed by atoms with Crippen LogP contribution >= 0.6 is 15.9 Å². The zero-order valence-electron chi connectivity index (χ0n) is 12.9. The van der Waals surface area contributed by atoms with Gasteiger partial charge in [-0.25, -0.2) is 0 Å². The number of hydrogen-bond acceptors (Lipinski definition) is 4. The summed E-state index contributed by atoms with van der Waals surface area (Å²) in [6.45, 7) is 3.09. The van der Waals surface area contributed by atoms with Gasteiger partial charge >= 0.3 is 0 Å². The predicted octanol–water partition coefficient (Wildman–Crippen LogP) is 3.03. The topological polar surface area (TPSA) is 38.8 Å². The van der Waals surface area contributed by atoms with Gasteiger partial charge in [0.15, 0.2) is 0 Å². The van der Waals surface area contributed by atoms with Crippen LogP contribution in [0.5, 0.6) is 5.75 Å². The molecule has 2 aliphatic rings. The van der Waals surface area contributed by atoms with Gasteiger partial charge in [0, 0.05) is 35.9 Å². The van der Waals surface area contributed by atoms with E-state index in [4.69, 9.17) is 9.47 Å². The van der Waals surface area contributed by atoms with E-state index in [1.54, 1.807) is 7.11 Å². The van der Waals surface area contributed by atoms with Crippen molar-refractivity contribution in [2.24, 2.45) is 5.92 Å². The SMILES string of the molecule is COc1ccc(Br)c(CN2CCOC[C@@H]2[C@H]2CCCC2=O)c1. The van der Waals surface area contributed by atoms with Crippen LogP contribution in [0.4, 0.5) is 0 Å². The number of hydrogen-bond donors (Lipinski definition) is 0. The zero-order valence-corrected chi connectivity index (χ0v) is 14.5. The monoisotopic (exact) mass is 367 g/mol. The number of Topliss-reactive ketones (excluding diaryl/α,β-unsaturated/α-hetero) is 1. The number of ether oxygens (including phenoxy) is 2. The molecule has 1 aliphatic heterocycles. The first kappa shape index (κ1) is 16.0. The van der Waals surface area contributed by atoms with Gasteiger partial charge in [-0.2, -0.15) is 0 Å². The van der Waals surface area contributed by atoms with Gasteiger partial charge in [0.2, 0.25) is 0 Å². The van der Waals surface area contributed by atoms with Crippen LogP contribution in [0.1, 0.15) is 24.8 Å². The Morgan fingerprint density at radius 2 is 2.32 bits per heavy atom. The molecule has 120 valence electrons. The van der Waals surface area contributed by atoms with Gasteiger partial charge in [-0.15, -0.1) is 0 Å². The van der Waals surface area contributed by atoms with E-state index in [0.717, 1.165) is 49.2 Å². The Morgan fingerprint density at radius 3 is 3.05 bits per heavy atom. The third kappa shape index (κ3) is 3.36. The van der Waals surface area contributed by atoms with E-state index in [1.165, 1.54) is 5.56 Å². The number of carbonyl (C=O) groups is 1. The lowest BCUT2D eigenvalue weighted by Gasteiger charge is -2.38. The lowest BCUT2D eigenvalue weighted by Crippen LogP contribution is -2.49. The van der Waals surface area contributed by atoms with Gasteiger partial charge in [-0.05, 0) is 36.6 Å². The molecule has 1 saturated heterocycles. The summed E-state index contributed by atoms with van der Waals surface area (Å²) >= 11 is 3.62. The van der Waals surface area contributed by atoms with Crippen molar-refractivity contribution in [3.05, 3.63) is 28.2 Å². The Bertz CT molecular complexity index is 549. The molecule has 5 heteroatoms. The van der Waals surface area contributed by atoms with Gasteiger partial charge in [0.05, 0.1) is 20.3 Å². The minimum absolute atomic E-state index is 0.143. The molecular formula is C17H22BrNO3. The minimum atomic E-state index is 0.143. The van der Waals surface area contributed by atoms with Crippen LogP contribution in [-0.4, -0.2) is 43.6 Å². The van der Waals surface area contributed by atoms with E-state index in [9.17, 15) is 4.79 Å². The Labute approximate surface area is 139 Å². The first-order chi connectivity index (χ1) is 10.7. The summed E-state index contributed by atoms with van der Waals surface area (Å²) in [5, 5.41) is 0. The number of halogens is 1. The first-order valence-electron chi connectivity index (χ1n) is 7.86. The molecule has 2 fully saturated rings. The molecule has 1 saturated carbocycles. The van der Waals surface area contributed by atoms with Crippen LogP contribution in [-0.2, 0) is 16.1 Å². The maximum absolute atomic E-state index is 12.1. The summed E-state index contributed by atoms with van der Waals surface area (Å²) in [6.07, 6.45) is 2.76. The predicted molar refractivity (Wildman–Crippen MR) is 88.1 cm³/mol. The van der Waals surface area contributed by atoms with Crippen molar-refractivity contribution >= 4 is 21.7 Å². The molecule has 0 radical (unpaired) electrons. The number of methoxy groups -OCH3 is 1. The summed E-state index contributed by atoms with van der Waals surface area (Å²) in [6, 6.07) is 6.24. The molecule has 4 nitrogen and oxygen atoms in total. The number of ketones is 1. The molecule has 0 unspecified atom stereocenters. The fourth-order valence-corrected chi connectivity index (χ4v) is 3.86. The van der Waals surface area contributed by atoms with E-state index in [2.05, 4.69) is 26.9 Å². The molecule has 0 spiro atoms. The average molecular weight is 368 g/mol. The van der Waals surface area contributed by atoms with Crippen LogP contribution in [0.2, 0.25) is 0 Å². The lowest BCUT2D eigenvalue weighted by molar-refractivity contribution is -0.125. The Kier molecular flexibility index (Phi) is 5.16. The van der Waals surface area contributed by atoms with E-state index in [-0.39, 0.29) is 12.0 Å². The molecule has 0 bridgehead atoms. The van der Waals surface area contributed by atoms with Crippen molar-refractivity contribution in [1.29, 1.82) is 0 Å². The second-order valence-electron chi connectivity index (χ2n) is 6.04. The molecular weight excluding hydrogens is 346 g/mol. The highest BCUT2D eigenvalue weighted by molar-refractivity contribution is 9.10. The smallest absolute Gasteiger partial charge is 0.137 e. The Hall–Kier alpha value is -0.910. The van der Waals surface area contributed by atoms with Gasteiger partial charge in [-0.1, -0.05) is 15.9 Å². The van der Waals surface area contributed by atoms with Crippen LogP contribution in [0.15, 0.2) is 22.7 Å². The van der Waals surface area contributed by atoms with Crippen LogP contribution in [0.3, 0.4) is 0 Å². The first-order valence-corrected chi connectivity index (χ1v) is 8.65. The second kappa shape index (κ2) is 7.11. The fraction of sp³-hybridized carbons (Fsp3) is 0.588. The third-order valence-corrected chi connectivity index (χ3v) is 5.50. The minimum Gasteiger partial charge on any atom is -0.497 e. The van der Waals surface area contributed by atoms with E-state index in [0.29, 0.717) is 12.4 Å². The van der Waals surface area contributed by atoms with Gasteiger partial charge < -0.3 is 9.47 Å². The number of carbonyl (C=O) groups excluding carboxylic acids is 1. The number of morpholine rings is 1. The lowest BCUT2D eigenvalue weighted by atomic mass is 9.95. The molecule has 22 heavy (non-hydrogen) atoms. The third-order valence-electron chi connectivity index (χ3n) is 4.72. The highest BCUT2D eigenvalue weighted by atomic mass is 79.9. The van der Waals surface area contributed by atoms with Crippen LogP contribution in [0, 0.1) is 5.92 Å².